The van der Waals surface area contributed by atoms with Crippen LogP contribution < -0.4 is 0 Å². The minimum atomic E-state index is 0.628. The number of rotatable bonds is 7. The van der Waals surface area contributed by atoms with Gasteiger partial charge in [-0.05, 0) is 82.9 Å². The summed E-state index contributed by atoms with van der Waals surface area (Å²) in [6, 6.07) is 89.1. The number of hydrogen-bond donors (Lipinski definition) is 0. The highest BCUT2D eigenvalue weighted by Crippen LogP contribution is 2.45. The third-order valence-corrected chi connectivity index (χ3v) is 13.9. The van der Waals surface area contributed by atoms with Gasteiger partial charge in [0, 0.05) is 49.1 Å². The molecule has 69 heavy (non-hydrogen) atoms. The Bertz CT molecular complexity index is 4220. The third-order valence-electron chi connectivity index (χ3n) is 13.9. The second-order valence-corrected chi connectivity index (χ2v) is 17.7. The number of benzene rings is 10. The van der Waals surface area contributed by atoms with Gasteiger partial charge in [-0.15, -0.1) is 0 Å². The molecule has 0 spiro atoms. The van der Waals surface area contributed by atoms with Gasteiger partial charge in [0.25, 0.3) is 0 Å². The van der Waals surface area contributed by atoms with Crippen molar-refractivity contribution in [2.24, 2.45) is 0 Å². The standard InChI is InChI=1S/C64H41N5/c1-4-18-42(19-5-1)43-34-36-44(37-35-43)47-24-16-25-48(40-47)67-54-29-13-11-27-50(54)62-59(67)38-39-60-63(62)51-28-12-14-30-55(51)68(60)57-32-17-33-58-61(57)49-26-10-15-31-56(49)69(58)64-65-52(45-20-6-2-7-21-45)41-53(66-64)46-22-8-3-9-23-46/h1-41H. The van der Waals surface area contributed by atoms with E-state index in [0.29, 0.717) is 5.95 Å². The molecule has 4 aromatic heterocycles. The van der Waals surface area contributed by atoms with Gasteiger partial charge in [0.2, 0.25) is 5.95 Å². The summed E-state index contributed by atoms with van der Waals surface area (Å²) in [4.78, 5) is 10.7. The maximum absolute atomic E-state index is 5.33. The maximum Gasteiger partial charge on any atom is 0.235 e. The topological polar surface area (TPSA) is 40.6 Å². The molecule has 14 aromatic rings. The van der Waals surface area contributed by atoms with Crippen LogP contribution in [0.4, 0.5) is 0 Å². The highest BCUT2D eigenvalue weighted by molar-refractivity contribution is 6.29. The van der Waals surface area contributed by atoms with E-state index >= 15 is 0 Å². The highest BCUT2D eigenvalue weighted by atomic mass is 15.2. The van der Waals surface area contributed by atoms with Crippen LogP contribution in [0, 0.1) is 0 Å². The molecule has 0 fully saturated rings. The lowest BCUT2D eigenvalue weighted by molar-refractivity contribution is 0.995. The van der Waals surface area contributed by atoms with Gasteiger partial charge in [-0.3, -0.25) is 4.57 Å². The van der Waals surface area contributed by atoms with Crippen LogP contribution in [-0.4, -0.2) is 23.7 Å². The molecule has 0 saturated heterocycles. The first-order chi connectivity index (χ1) is 34.2. The van der Waals surface area contributed by atoms with Crippen molar-refractivity contribution in [3.8, 4) is 62.1 Å². The number of nitrogens with zero attached hydrogens (tertiary/aromatic N) is 5. The summed E-state index contributed by atoms with van der Waals surface area (Å²) in [7, 11) is 0. The lowest BCUT2D eigenvalue weighted by Crippen LogP contribution is -2.04. The number of fused-ring (bicyclic) bond motifs is 10. The molecule has 0 radical (unpaired) electrons. The molecular formula is C64H41N5. The van der Waals surface area contributed by atoms with Crippen molar-refractivity contribution in [2.75, 3.05) is 0 Å². The van der Waals surface area contributed by atoms with Crippen LogP contribution in [0.5, 0.6) is 0 Å². The molecule has 0 aliphatic carbocycles. The highest BCUT2D eigenvalue weighted by Gasteiger charge is 2.24. The number of para-hydroxylation sites is 3. The molecule has 0 aliphatic heterocycles. The zero-order valence-electron chi connectivity index (χ0n) is 37.4. The summed E-state index contributed by atoms with van der Waals surface area (Å²) in [6.07, 6.45) is 0. The first kappa shape index (κ1) is 38.9. The Morgan fingerprint density at radius 2 is 0.652 bits per heavy atom. The summed E-state index contributed by atoms with van der Waals surface area (Å²) < 4.78 is 7.17. The van der Waals surface area contributed by atoms with Crippen molar-refractivity contribution in [2.45, 2.75) is 0 Å². The van der Waals surface area contributed by atoms with E-state index in [-0.39, 0.29) is 0 Å². The fourth-order valence-corrected chi connectivity index (χ4v) is 10.8. The first-order valence-electron chi connectivity index (χ1n) is 23.5. The largest absolute Gasteiger partial charge is 0.309 e. The zero-order valence-corrected chi connectivity index (χ0v) is 37.4. The Hall–Kier alpha value is -9.32. The van der Waals surface area contributed by atoms with Crippen LogP contribution in [0.2, 0.25) is 0 Å². The molecule has 4 heterocycles. The minimum absolute atomic E-state index is 0.628. The van der Waals surface area contributed by atoms with Crippen LogP contribution in [0.25, 0.3) is 128 Å². The SMILES string of the molecule is c1ccc(-c2ccc(-c3cccc(-n4c5ccccc5c5c6c7ccccc7n(-c7cccc8c7c7ccccc7n8-c7nc(-c8ccccc8)cc(-c8ccccc8)n7)c6ccc54)c3)cc2)cc1. The Kier molecular flexibility index (Phi) is 8.83. The lowest BCUT2D eigenvalue weighted by atomic mass is 10.00. The molecule has 0 bridgehead atoms. The van der Waals surface area contributed by atoms with Crippen molar-refractivity contribution in [1.82, 2.24) is 23.7 Å². The van der Waals surface area contributed by atoms with Gasteiger partial charge in [0.15, 0.2) is 0 Å². The Balaban J connectivity index is 0.987. The Morgan fingerprint density at radius 1 is 0.246 bits per heavy atom. The molecule has 0 atom stereocenters. The van der Waals surface area contributed by atoms with E-state index in [1.807, 2.05) is 12.1 Å². The van der Waals surface area contributed by atoms with Crippen molar-refractivity contribution >= 4 is 65.4 Å². The lowest BCUT2D eigenvalue weighted by Gasteiger charge is -2.13. The molecule has 0 aliphatic rings. The summed E-state index contributed by atoms with van der Waals surface area (Å²) in [5.74, 6) is 0.628. The smallest absolute Gasteiger partial charge is 0.235 e. The molecule has 0 amide bonds. The second kappa shape index (κ2) is 15.7. The van der Waals surface area contributed by atoms with E-state index < -0.39 is 0 Å². The number of aromatic nitrogens is 5. The fourth-order valence-electron chi connectivity index (χ4n) is 10.8. The molecule has 0 saturated carbocycles. The van der Waals surface area contributed by atoms with Crippen LogP contribution in [-0.2, 0) is 0 Å². The number of hydrogen-bond acceptors (Lipinski definition) is 2. The Morgan fingerprint density at radius 3 is 1.25 bits per heavy atom. The van der Waals surface area contributed by atoms with Gasteiger partial charge in [-0.1, -0.05) is 188 Å². The maximum atomic E-state index is 5.33. The van der Waals surface area contributed by atoms with Gasteiger partial charge >= 0.3 is 0 Å². The zero-order chi connectivity index (χ0) is 45.4. The van der Waals surface area contributed by atoms with Crippen LogP contribution in [0.1, 0.15) is 0 Å². The summed E-state index contributed by atoms with van der Waals surface area (Å²) >= 11 is 0. The average Bonchev–Trinajstić information content (AvgIpc) is 4.07. The van der Waals surface area contributed by atoms with Gasteiger partial charge < -0.3 is 9.13 Å². The summed E-state index contributed by atoms with van der Waals surface area (Å²) in [6.45, 7) is 0. The average molecular weight is 880 g/mol. The molecule has 322 valence electrons. The second-order valence-electron chi connectivity index (χ2n) is 17.7. The minimum Gasteiger partial charge on any atom is -0.309 e. The summed E-state index contributed by atoms with van der Waals surface area (Å²) in [5, 5.41) is 7.18. The first-order valence-corrected chi connectivity index (χ1v) is 23.5. The fraction of sp³-hybridized carbons (Fsp3) is 0. The quantitative estimate of drug-likeness (QED) is 0.160. The van der Waals surface area contributed by atoms with E-state index in [2.05, 4.69) is 250 Å². The van der Waals surface area contributed by atoms with Gasteiger partial charge in [-0.25, -0.2) is 9.97 Å². The molecule has 0 N–H and O–H groups in total. The third kappa shape index (κ3) is 6.18. The summed E-state index contributed by atoms with van der Waals surface area (Å²) in [5.41, 5.74) is 17.6. The molecule has 14 rings (SSSR count). The molecular weight excluding hydrogens is 839 g/mol. The van der Waals surface area contributed by atoms with Crippen LogP contribution in [0.3, 0.4) is 0 Å². The van der Waals surface area contributed by atoms with Gasteiger partial charge in [0.05, 0.1) is 50.2 Å². The van der Waals surface area contributed by atoms with E-state index in [0.717, 1.165) is 66.7 Å². The molecule has 5 heteroatoms. The van der Waals surface area contributed by atoms with Crippen LogP contribution >= 0.6 is 0 Å². The van der Waals surface area contributed by atoms with Crippen molar-refractivity contribution < 1.29 is 0 Å². The van der Waals surface area contributed by atoms with Crippen molar-refractivity contribution in [3.63, 3.8) is 0 Å². The molecule has 5 nitrogen and oxygen atoms in total. The predicted octanol–water partition coefficient (Wildman–Crippen LogP) is 16.4. The van der Waals surface area contributed by atoms with Gasteiger partial charge in [-0.2, -0.15) is 0 Å². The molecule has 0 unspecified atom stereocenters. The normalized spacial score (nSPS) is 11.8. The van der Waals surface area contributed by atoms with Gasteiger partial charge in [0.1, 0.15) is 0 Å². The van der Waals surface area contributed by atoms with Crippen molar-refractivity contribution in [3.05, 3.63) is 249 Å². The monoisotopic (exact) mass is 879 g/mol. The van der Waals surface area contributed by atoms with E-state index in [4.69, 9.17) is 9.97 Å². The van der Waals surface area contributed by atoms with Crippen LogP contribution in [0.15, 0.2) is 249 Å². The van der Waals surface area contributed by atoms with Crippen molar-refractivity contribution in [1.29, 1.82) is 0 Å². The van der Waals surface area contributed by atoms with E-state index in [1.54, 1.807) is 0 Å². The molecule has 10 aromatic carbocycles. The Labute approximate surface area is 398 Å². The predicted molar refractivity (Wildman–Crippen MR) is 287 cm³/mol. The van der Waals surface area contributed by atoms with E-state index in [1.165, 1.54) is 54.8 Å². The van der Waals surface area contributed by atoms with E-state index in [9.17, 15) is 0 Å².